The Morgan fingerprint density at radius 2 is 2.00 bits per heavy atom. The molecule has 9 nitrogen and oxygen atoms in total. The first-order valence-electron chi connectivity index (χ1n) is 11.2. The van der Waals surface area contributed by atoms with Crippen LogP contribution in [0.3, 0.4) is 0 Å². The summed E-state index contributed by atoms with van der Waals surface area (Å²) in [6.45, 7) is 1.86. The second kappa shape index (κ2) is 10.4. The molecule has 4 rings (SSSR count). The van der Waals surface area contributed by atoms with E-state index in [4.69, 9.17) is 4.74 Å². The summed E-state index contributed by atoms with van der Waals surface area (Å²) < 4.78 is 9.99. The van der Waals surface area contributed by atoms with E-state index in [2.05, 4.69) is 10.3 Å². The molecule has 3 aromatic rings. The highest BCUT2D eigenvalue weighted by Gasteiger charge is 2.20. The van der Waals surface area contributed by atoms with Crippen LogP contribution in [0.1, 0.15) is 24.8 Å². The van der Waals surface area contributed by atoms with E-state index >= 15 is 0 Å². The number of nitrogens with zero attached hydrogens (tertiary/aromatic N) is 4. The molecule has 2 aromatic heterocycles. The Labute approximate surface area is 195 Å². The Morgan fingerprint density at radius 1 is 1.21 bits per heavy atom. The van der Waals surface area contributed by atoms with E-state index in [1.54, 1.807) is 7.05 Å². The van der Waals surface area contributed by atoms with Crippen LogP contribution in [0.25, 0.3) is 11.2 Å². The van der Waals surface area contributed by atoms with Crippen LogP contribution in [-0.2, 0) is 36.6 Å². The lowest BCUT2D eigenvalue weighted by Gasteiger charge is -2.12. The molecule has 1 N–H and O–H groups in total. The number of carbonyl (C=O) groups excluding carboxylic acids is 1. The van der Waals surface area contributed by atoms with Gasteiger partial charge in [0, 0.05) is 46.0 Å². The predicted molar refractivity (Wildman–Crippen MR) is 128 cm³/mol. The number of hydrogen-bond donors (Lipinski definition) is 1. The number of aryl methyl sites for hydroxylation is 3. The zero-order valence-corrected chi connectivity index (χ0v) is 19.8. The molecule has 1 aromatic carbocycles. The van der Waals surface area contributed by atoms with Crippen molar-refractivity contribution in [3.8, 4) is 0 Å². The number of rotatable bonds is 9. The number of fused-ring (bicyclic) bond motifs is 1. The van der Waals surface area contributed by atoms with Crippen LogP contribution in [0.2, 0.25) is 0 Å². The third-order valence-electron chi connectivity index (χ3n) is 5.88. The van der Waals surface area contributed by atoms with Crippen molar-refractivity contribution in [1.82, 2.24) is 24.0 Å². The lowest BCUT2D eigenvalue weighted by Crippen LogP contribution is -2.37. The van der Waals surface area contributed by atoms with E-state index < -0.39 is 11.2 Å². The second-order valence-electron chi connectivity index (χ2n) is 8.20. The van der Waals surface area contributed by atoms with Gasteiger partial charge < -0.3 is 14.6 Å². The molecule has 1 fully saturated rings. The van der Waals surface area contributed by atoms with Crippen molar-refractivity contribution in [2.75, 3.05) is 18.9 Å². The largest absolute Gasteiger partial charge is 0.376 e. The van der Waals surface area contributed by atoms with E-state index in [0.717, 1.165) is 36.0 Å². The molecule has 0 bridgehead atoms. The molecule has 10 heteroatoms. The zero-order valence-electron chi connectivity index (χ0n) is 19.0. The molecule has 1 aliphatic rings. The second-order valence-corrected chi connectivity index (χ2v) is 9.26. The average Bonchev–Trinajstić information content (AvgIpc) is 3.47. The minimum absolute atomic E-state index is 0.0340. The van der Waals surface area contributed by atoms with Gasteiger partial charge in [0.1, 0.15) is 0 Å². The fourth-order valence-corrected chi connectivity index (χ4v) is 4.98. The van der Waals surface area contributed by atoms with Gasteiger partial charge in [-0.2, -0.15) is 0 Å². The lowest BCUT2D eigenvalue weighted by atomic mass is 10.1. The van der Waals surface area contributed by atoms with Crippen LogP contribution in [0.15, 0.2) is 45.1 Å². The van der Waals surface area contributed by atoms with Gasteiger partial charge in [-0.05, 0) is 24.8 Å². The Hall–Kier alpha value is -2.85. The highest BCUT2D eigenvalue weighted by atomic mass is 32.2. The summed E-state index contributed by atoms with van der Waals surface area (Å²) >= 11 is 1.42. The summed E-state index contributed by atoms with van der Waals surface area (Å²) in [4.78, 5) is 42.1. The first-order valence-corrected chi connectivity index (χ1v) is 12.2. The van der Waals surface area contributed by atoms with Crippen molar-refractivity contribution in [3.63, 3.8) is 0 Å². The normalized spacial score (nSPS) is 15.9. The number of ether oxygens (including phenoxy) is 1. The first kappa shape index (κ1) is 23.3. The number of amides is 1. The van der Waals surface area contributed by atoms with Crippen molar-refractivity contribution in [1.29, 1.82) is 0 Å². The fourth-order valence-electron chi connectivity index (χ4n) is 4.02. The number of carbonyl (C=O) groups is 1. The topological polar surface area (TPSA) is 100 Å². The number of benzene rings is 1. The van der Waals surface area contributed by atoms with E-state index in [1.807, 2.05) is 34.9 Å². The van der Waals surface area contributed by atoms with Gasteiger partial charge in [0.2, 0.25) is 5.91 Å². The number of imidazole rings is 1. The molecule has 0 radical (unpaired) electrons. The van der Waals surface area contributed by atoms with Crippen LogP contribution >= 0.6 is 11.8 Å². The molecule has 33 heavy (non-hydrogen) atoms. The molecule has 0 spiro atoms. The number of hydrogen-bond acceptors (Lipinski definition) is 6. The Morgan fingerprint density at radius 3 is 2.73 bits per heavy atom. The predicted octanol–water partition coefficient (Wildman–Crippen LogP) is 1.45. The van der Waals surface area contributed by atoms with Gasteiger partial charge in [0.25, 0.3) is 5.56 Å². The third-order valence-corrected chi connectivity index (χ3v) is 6.86. The van der Waals surface area contributed by atoms with Gasteiger partial charge in [0.15, 0.2) is 16.3 Å². The minimum Gasteiger partial charge on any atom is -0.376 e. The van der Waals surface area contributed by atoms with Crippen LogP contribution in [0.4, 0.5) is 0 Å². The van der Waals surface area contributed by atoms with Crippen molar-refractivity contribution in [2.45, 2.75) is 43.5 Å². The maximum absolute atomic E-state index is 12.7. The van der Waals surface area contributed by atoms with E-state index in [1.165, 1.54) is 23.4 Å². The Bertz CT molecular complexity index is 1240. The van der Waals surface area contributed by atoms with Gasteiger partial charge in [-0.25, -0.2) is 9.78 Å². The van der Waals surface area contributed by atoms with Crippen LogP contribution in [-0.4, -0.2) is 49.6 Å². The first-order chi connectivity index (χ1) is 16.0. The maximum Gasteiger partial charge on any atom is 0.332 e. The third kappa shape index (κ3) is 5.22. The summed E-state index contributed by atoms with van der Waals surface area (Å²) in [5.74, 6) is 0.480. The Kier molecular flexibility index (Phi) is 7.34. The quantitative estimate of drug-likeness (QED) is 0.474. The standard InChI is InChI=1S/C23H29N5O4S/c1-26-20-19(21(30)27(2)23(26)31)25-22(28(20)12-10-16-7-4-3-5-8-16)33-14-11-18(29)24-15-17-9-6-13-32-17/h3-5,7-8,17H,6,9-15H2,1-2H3,(H,24,29). The van der Waals surface area contributed by atoms with Crippen LogP contribution < -0.4 is 16.6 Å². The zero-order chi connectivity index (χ0) is 23.4. The molecule has 176 valence electrons. The molecule has 1 aliphatic heterocycles. The fraction of sp³-hybridized carbons (Fsp3) is 0.478. The molecular formula is C23H29N5O4S. The SMILES string of the molecule is Cn1c(=O)c2nc(SCCC(=O)NCC3CCCO3)n(CCc3ccccc3)c2n(C)c1=O. The molecule has 0 saturated carbocycles. The maximum atomic E-state index is 12.7. The van der Waals surface area contributed by atoms with Gasteiger partial charge in [-0.15, -0.1) is 0 Å². The lowest BCUT2D eigenvalue weighted by molar-refractivity contribution is -0.121. The van der Waals surface area contributed by atoms with Crippen molar-refractivity contribution in [2.24, 2.45) is 14.1 Å². The van der Waals surface area contributed by atoms with Gasteiger partial charge in [-0.1, -0.05) is 42.1 Å². The average molecular weight is 472 g/mol. The number of aromatic nitrogens is 4. The molecule has 1 saturated heterocycles. The summed E-state index contributed by atoms with van der Waals surface area (Å²) in [5, 5.41) is 3.56. The molecule has 1 unspecified atom stereocenters. The summed E-state index contributed by atoms with van der Waals surface area (Å²) in [5.41, 5.74) is 1.11. The number of nitrogens with one attached hydrogen (secondary N) is 1. The Balaban J connectivity index is 1.52. The molecule has 1 atom stereocenters. The van der Waals surface area contributed by atoms with Gasteiger partial charge >= 0.3 is 5.69 Å². The molecule has 3 heterocycles. The highest BCUT2D eigenvalue weighted by molar-refractivity contribution is 7.99. The smallest absolute Gasteiger partial charge is 0.332 e. The van der Waals surface area contributed by atoms with Crippen molar-refractivity contribution in [3.05, 3.63) is 56.7 Å². The van der Waals surface area contributed by atoms with E-state index in [-0.39, 0.29) is 17.5 Å². The summed E-state index contributed by atoms with van der Waals surface area (Å²) in [6.07, 6.45) is 3.19. The summed E-state index contributed by atoms with van der Waals surface area (Å²) in [7, 11) is 3.11. The van der Waals surface area contributed by atoms with Crippen molar-refractivity contribution < 1.29 is 9.53 Å². The number of thioether (sulfide) groups is 1. The minimum atomic E-state index is -0.414. The molecule has 1 amide bonds. The highest BCUT2D eigenvalue weighted by Crippen LogP contribution is 2.23. The molecular weight excluding hydrogens is 442 g/mol. The van der Waals surface area contributed by atoms with E-state index in [0.29, 0.717) is 36.1 Å². The van der Waals surface area contributed by atoms with E-state index in [9.17, 15) is 14.4 Å². The van der Waals surface area contributed by atoms with Gasteiger partial charge in [-0.3, -0.25) is 18.7 Å². The van der Waals surface area contributed by atoms with Crippen LogP contribution in [0, 0.1) is 0 Å². The molecule has 0 aliphatic carbocycles. The van der Waals surface area contributed by atoms with Gasteiger partial charge in [0.05, 0.1) is 6.10 Å². The van der Waals surface area contributed by atoms with Crippen LogP contribution in [0.5, 0.6) is 0 Å². The summed E-state index contributed by atoms with van der Waals surface area (Å²) in [6, 6.07) is 10.0. The monoisotopic (exact) mass is 471 g/mol. The van der Waals surface area contributed by atoms with Crippen molar-refractivity contribution >= 4 is 28.8 Å².